The van der Waals surface area contributed by atoms with Crippen molar-refractivity contribution in [3.8, 4) is 0 Å². The molecule has 0 aliphatic carbocycles. The van der Waals surface area contributed by atoms with Crippen molar-refractivity contribution < 1.29 is 9.31 Å². The number of hydrogen-bond acceptors (Lipinski definition) is 3. The van der Waals surface area contributed by atoms with Crippen LogP contribution in [0.25, 0.3) is 0 Å². The monoisotopic (exact) mass is 235 g/mol. The number of nitro groups is 1. The van der Waals surface area contributed by atoms with Gasteiger partial charge in [0.05, 0.1) is 17.5 Å². The van der Waals surface area contributed by atoms with Gasteiger partial charge in [-0.05, 0) is 24.6 Å². The van der Waals surface area contributed by atoms with Crippen LogP contribution in [0.4, 0.5) is 10.1 Å². The second-order valence-electron chi connectivity index (χ2n) is 3.71. The van der Waals surface area contributed by atoms with Crippen molar-refractivity contribution in [2.45, 2.75) is 13.5 Å². The maximum Gasteiger partial charge on any atom is 0.272 e. The lowest BCUT2D eigenvalue weighted by molar-refractivity contribution is -0.385. The van der Waals surface area contributed by atoms with E-state index in [1.165, 1.54) is 12.1 Å². The van der Waals surface area contributed by atoms with Gasteiger partial charge in [-0.25, -0.2) is 4.39 Å². The summed E-state index contributed by atoms with van der Waals surface area (Å²) in [6, 6.07) is 5.34. The molecule has 0 amide bonds. The minimum atomic E-state index is -0.612. The molecule has 1 aromatic heterocycles. The molecule has 17 heavy (non-hydrogen) atoms. The predicted molar refractivity (Wildman–Crippen MR) is 59.1 cm³/mol. The SMILES string of the molecule is Cc1ccnn1Cc1cc(F)cc([N+](=O)[O-])c1. The molecule has 0 radical (unpaired) electrons. The highest BCUT2D eigenvalue weighted by molar-refractivity contribution is 5.35. The number of halogens is 1. The van der Waals surface area contributed by atoms with Gasteiger partial charge in [-0.3, -0.25) is 14.8 Å². The summed E-state index contributed by atoms with van der Waals surface area (Å²) in [7, 11) is 0. The molecule has 5 nitrogen and oxygen atoms in total. The first-order valence-corrected chi connectivity index (χ1v) is 4.98. The Labute approximate surface area is 96.6 Å². The topological polar surface area (TPSA) is 61.0 Å². The largest absolute Gasteiger partial charge is 0.272 e. The van der Waals surface area contributed by atoms with Crippen LogP contribution >= 0.6 is 0 Å². The normalized spacial score (nSPS) is 10.5. The van der Waals surface area contributed by atoms with Gasteiger partial charge in [-0.1, -0.05) is 0 Å². The molecule has 0 aliphatic rings. The van der Waals surface area contributed by atoms with Crippen molar-refractivity contribution >= 4 is 5.69 Å². The molecule has 1 aromatic carbocycles. The third-order valence-electron chi connectivity index (χ3n) is 2.41. The van der Waals surface area contributed by atoms with E-state index in [2.05, 4.69) is 5.10 Å². The number of nitro benzene ring substituents is 1. The van der Waals surface area contributed by atoms with E-state index in [9.17, 15) is 14.5 Å². The van der Waals surface area contributed by atoms with E-state index < -0.39 is 10.7 Å². The first kappa shape index (κ1) is 11.3. The van der Waals surface area contributed by atoms with Gasteiger partial charge in [0.25, 0.3) is 5.69 Å². The van der Waals surface area contributed by atoms with Crippen molar-refractivity contribution in [3.63, 3.8) is 0 Å². The van der Waals surface area contributed by atoms with Crippen molar-refractivity contribution in [2.75, 3.05) is 0 Å². The van der Waals surface area contributed by atoms with E-state index in [-0.39, 0.29) is 5.69 Å². The van der Waals surface area contributed by atoms with Crippen molar-refractivity contribution in [3.05, 3.63) is 57.7 Å². The first-order chi connectivity index (χ1) is 8.06. The molecule has 1 heterocycles. The lowest BCUT2D eigenvalue weighted by Crippen LogP contribution is -2.04. The van der Waals surface area contributed by atoms with Crippen LogP contribution in [-0.4, -0.2) is 14.7 Å². The molecule has 88 valence electrons. The van der Waals surface area contributed by atoms with Crippen LogP contribution in [0, 0.1) is 22.9 Å². The Balaban J connectivity index is 2.33. The molecule has 0 fully saturated rings. The minimum Gasteiger partial charge on any atom is -0.265 e. The molecule has 6 heteroatoms. The van der Waals surface area contributed by atoms with Crippen LogP contribution in [0.1, 0.15) is 11.3 Å². The molecule has 2 rings (SSSR count). The Bertz CT molecular complexity index is 566. The molecule has 0 unspecified atom stereocenters. The molecule has 2 aromatic rings. The van der Waals surface area contributed by atoms with Crippen molar-refractivity contribution in [1.82, 2.24) is 9.78 Å². The van der Waals surface area contributed by atoms with Gasteiger partial charge in [0.15, 0.2) is 0 Å². The van der Waals surface area contributed by atoms with Crippen LogP contribution in [-0.2, 0) is 6.54 Å². The van der Waals surface area contributed by atoms with Crippen molar-refractivity contribution in [2.24, 2.45) is 0 Å². The van der Waals surface area contributed by atoms with Gasteiger partial charge >= 0.3 is 0 Å². The third-order valence-corrected chi connectivity index (χ3v) is 2.41. The smallest absolute Gasteiger partial charge is 0.265 e. The number of nitrogens with zero attached hydrogens (tertiary/aromatic N) is 3. The molecule has 0 aliphatic heterocycles. The summed E-state index contributed by atoms with van der Waals surface area (Å²) in [6.07, 6.45) is 1.63. The number of benzene rings is 1. The number of hydrogen-bond donors (Lipinski definition) is 0. The van der Waals surface area contributed by atoms with Gasteiger partial charge in [0.2, 0.25) is 0 Å². The van der Waals surface area contributed by atoms with E-state index in [0.717, 1.165) is 11.8 Å². The third kappa shape index (κ3) is 2.47. The fraction of sp³-hybridized carbons (Fsp3) is 0.182. The van der Waals surface area contributed by atoms with Crippen LogP contribution in [0.15, 0.2) is 30.5 Å². The number of aromatic nitrogens is 2. The Morgan fingerprint density at radius 2 is 2.24 bits per heavy atom. The van der Waals surface area contributed by atoms with Crippen LogP contribution in [0.5, 0.6) is 0 Å². The van der Waals surface area contributed by atoms with Crippen LogP contribution in [0.3, 0.4) is 0 Å². The number of aryl methyl sites for hydroxylation is 1. The Hall–Kier alpha value is -2.24. The molecule has 0 N–H and O–H groups in total. The van der Waals surface area contributed by atoms with E-state index >= 15 is 0 Å². The summed E-state index contributed by atoms with van der Waals surface area (Å²) in [5, 5.41) is 14.6. The fourth-order valence-electron chi connectivity index (χ4n) is 1.57. The lowest BCUT2D eigenvalue weighted by Gasteiger charge is -2.04. The first-order valence-electron chi connectivity index (χ1n) is 4.98. The van der Waals surface area contributed by atoms with Gasteiger partial charge in [-0.15, -0.1) is 0 Å². The Kier molecular flexibility index (Phi) is 2.86. The molecule has 0 spiro atoms. The van der Waals surface area contributed by atoms with E-state index in [4.69, 9.17) is 0 Å². The average molecular weight is 235 g/mol. The maximum atomic E-state index is 13.2. The van der Waals surface area contributed by atoms with Gasteiger partial charge in [0.1, 0.15) is 5.82 Å². The van der Waals surface area contributed by atoms with E-state index in [0.29, 0.717) is 12.1 Å². The van der Waals surface area contributed by atoms with Gasteiger partial charge < -0.3 is 0 Å². The van der Waals surface area contributed by atoms with Gasteiger partial charge in [-0.2, -0.15) is 5.10 Å². The fourth-order valence-corrected chi connectivity index (χ4v) is 1.57. The second-order valence-corrected chi connectivity index (χ2v) is 3.71. The summed E-state index contributed by atoms with van der Waals surface area (Å²) in [4.78, 5) is 9.98. The van der Waals surface area contributed by atoms with Crippen LogP contribution in [0.2, 0.25) is 0 Å². The van der Waals surface area contributed by atoms with Crippen molar-refractivity contribution in [1.29, 1.82) is 0 Å². The zero-order valence-electron chi connectivity index (χ0n) is 9.13. The zero-order valence-corrected chi connectivity index (χ0v) is 9.13. The quantitative estimate of drug-likeness (QED) is 0.605. The molecule has 0 atom stereocenters. The average Bonchev–Trinajstić information content (AvgIpc) is 2.63. The number of rotatable bonds is 3. The Morgan fingerprint density at radius 1 is 1.47 bits per heavy atom. The molecular weight excluding hydrogens is 225 g/mol. The lowest BCUT2D eigenvalue weighted by atomic mass is 10.2. The van der Waals surface area contributed by atoms with E-state index in [1.807, 2.05) is 13.0 Å². The summed E-state index contributed by atoms with van der Waals surface area (Å²) >= 11 is 0. The van der Waals surface area contributed by atoms with Crippen LogP contribution < -0.4 is 0 Å². The highest BCUT2D eigenvalue weighted by Gasteiger charge is 2.10. The molecule has 0 saturated heterocycles. The standard InChI is InChI=1S/C11H10FN3O2/c1-8-2-3-13-14(8)7-9-4-10(12)6-11(5-9)15(16)17/h2-6H,7H2,1H3. The molecular formula is C11H10FN3O2. The maximum absolute atomic E-state index is 13.2. The second kappa shape index (κ2) is 4.32. The van der Waals surface area contributed by atoms with E-state index in [1.54, 1.807) is 10.9 Å². The summed E-state index contributed by atoms with van der Waals surface area (Å²) in [5.74, 6) is -0.612. The summed E-state index contributed by atoms with van der Waals surface area (Å²) in [6.45, 7) is 2.18. The Morgan fingerprint density at radius 3 is 2.82 bits per heavy atom. The zero-order chi connectivity index (χ0) is 12.4. The van der Waals surface area contributed by atoms with Gasteiger partial charge in [0, 0.05) is 18.0 Å². The number of non-ortho nitro benzene ring substituents is 1. The highest BCUT2D eigenvalue weighted by Crippen LogP contribution is 2.17. The predicted octanol–water partition coefficient (Wildman–Crippen LogP) is 2.29. The summed E-state index contributed by atoms with van der Waals surface area (Å²) < 4.78 is 14.8. The summed E-state index contributed by atoms with van der Waals surface area (Å²) in [5.41, 5.74) is 1.19. The highest BCUT2D eigenvalue weighted by atomic mass is 19.1. The molecule has 0 saturated carbocycles. The molecule has 0 bridgehead atoms. The minimum absolute atomic E-state index is 0.246.